The average Bonchev–Trinajstić information content (AvgIpc) is 1.86. The predicted octanol–water partition coefficient (Wildman–Crippen LogP) is 1.40. The van der Waals surface area contributed by atoms with Gasteiger partial charge in [-0.25, -0.2) is 0 Å². The molecule has 0 aromatic carbocycles. The molecule has 11 heavy (non-hydrogen) atoms. The van der Waals surface area contributed by atoms with Crippen LogP contribution < -0.4 is 5.32 Å². The molecule has 0 aliphatic carbocycles. The topological polar surface area (TPSA) is 29.1 Å². The van der Waals surface area contributed by atoms with Crippen molar-refractivity contribution in [2.75, 3.05) is 0 Å². The molecule has 1 atom stereocenters. The zero-order chi connectivity index (χ0) is 8.48. The number of nitrogens with one attached hydrogen (secondary N) is 1. The highest BCUT2D eigenvalue weighted by molar-refractivity contribution is 5.88. The van der Waals surface area contributed by atoms with E-state index in [2.05, 4.69) is 5.32 Å². The van der Waals surface area contributed by atoms with Gasteiger partial charge in [-0.2, -0.15) is 0 Å². The monoisotopic (exact) mass is 151 g/mol. The van der Waals surface area contributed by atoms with Crippen molar-refractivity contribution in [3.63, 3.8) is 0 Å². The summed E-state index contributed by atoms with van der Waals surface area (Å²) in [5.74, 6) is 0.140. The van der Waals surface area contributed by atoms with Crippen molar-refractivity contribution >= 4 is 5.78 Å². The molecule has 0 fully saturated rings. The number of Topliss-reactive ketones (excluding diaryl/α,β-unsaturated/α-hetero) is 1. The molecular weight excluding hydrogens is 138 g/mol. The Balaban J connectivity index is 2.92. The van der Waals surface area contributed by atoms with Crippen LogP contribution in [0.25, 0.3) is 0 Å². The first-order valence-electron chi connectivity index (χ1n) is 3.69. The first kappa shape index (κ1) is 8.05. The van der Waals surface area contributed by atoms with Gasteiger partial charge in [0.2, 0.25) is 0 Å². The van der Waals surface area contributed by atoms with Gasteiger partial charge in [0.1, 0.15) is 5.54 Å². The van der Waals surface area contributed by atoms with E-state index in [4.69, 9.17) is 0 Å². The van der Waals surface area contributed by atoms with E-state index in [-0.39, 0.29) is 5.78 Å². The van der Waals surface area contributed by atoms with E-state index in [9.17, 15) is 4.79 Å². The fourth-order valence-electron chi connectivity index (χ4n) is 1.09. The largest absolute Gasteiger partial charge is 0.376 e. The summed E-state index contributed by atoms with van der Waals surface area (Å²) in [7, 11) is 0. The molecule has 1 rings (SSSR count). The SMILES string of the molecule is CC(=O)C1(C)C=C(C)C=CN1. The van der Waals surface area contributed by atoms with Crippen molar-refractivity contribution in [2.45, 2.75) is 26.3 Å². The van der Waals surface area contributed by atoms with E-state index in [1.807, 2.05) is 32.2 Å². The fraction of sp³-hybridized carbons (Fsp3) is 0.444. The van der Waals surface area contributed by atoms with Crippen molar-refractivity contribution < 1.29 is 4.79 Å². The lowest BCUT2D eigenvalue weighted by atomic mass is 9.93. The highest BCUT2D eigenvalue weighted by Gasteiger charge is 2.26. The van der Waals surface area contributed by atoms with Crippen molar-refractivity contribution in [2.24, 2.45) is 0 Å². The molecule has 1 aliphatic rings. The summed E-state index contributed by atoms with van der Waals surface area (Å²) in [5.41, 5.74) is 0.639. The minimum Gasteiger partial charge on any atom is -0.376 e. The van der Waals surface area contributed by atoms with E-state index >= 15 is 0 Å². The molecule has 0 saturated heterocycles. The van der Waals surface area contributed by atoms with E-state index in [0.29, 0.717) is 0 Å². The molecular formula is C9H13NO. The summed E-state index contributed by atoms with van der Waals surface area (Å²) in [6.45, 7) is 5.46. The second-order valence-electron chi connectivity index (χ2n) is 3.12. The smallest absolute Gasteiger partial charge is 0.158 e. The molecule has 1 aliphatic heterocycles. The van der Waals surface area contributed by atoms with Gasteiger partial charge in [0.25, 0.3) is 0 Å². The Hall–Kier alpha value is -1.05. The lowest BCUT2D eigenvalue weighted by molar-refractivity contribution is -0.120. The van der Waals surface area contributed by atoms with E-state index < -0.39 is 5.54 Å². The quantitative estimate of drug-likeness (QED) is 0.613. The van der Waals surface area contributed by atoms with Crippen LogP contribution in [0, 0.1) is 0 Å². The van der Waals surface area contributed by atoms with Gasteiger partial charge in [0, 0.05) is 0 Å². The van der Waals surface area contributed by atoms with Crippen molar-refractivity contribution in [3.05, 3.63) is 23.9 Å². The molecule has 2 nitrogen and oxygen atoms in total. The van der Waals surface area contributed by atoms with Crippen LogP contribution >= 0.6 is 0 Å². The second-order valence-corrected chi connectivity index (χ2v) is 3.12. The van der Waals surface area contributed by atoms with Gasteiger partial charge in [-0.15, -0.1) is 0 Å². The van der Waals surface area contributed by atoms with Gasteiger partial charge in [-0.05, 0) is 39.1 Å². The Morgan fingerprint density at radius 2 is 2.27 bits per heavy atom. The van der Waals surface area contributed by atoms with Gasteiger partial charge < -0.3 is 5.32 Å². The maximum Gasteiger partial charge on any atom is 0.158 e. The lowest BCUT2D eigenvalue weighted by Gasteiger charge is -2.26. The van der Waals surface area contributed by atoms with Crippen molar-refractivity contribution in [3.8, 4) is 0 Å². The second kappa shape index (κ2) is 2.53. The molecule has 0 amide bonds. The molecule has 0 aromatic heterocycles. The molecule has 0 saturated carbocycles. The normalized spacial score (nSPS) is 29.2. The Morgan fingerprint density at radius 3 is 2.64 bits per heavy atom. The first-order valence-corrected chi connectivity index (χ1v) is 3.69. The molecule has 0 bridgehead atoms. The third-order valence-electron chi connectivity index (χ3n) is 1.98. The standard InChI is InChI=1S/C9H13NO/c1-7-4-5-10-9(3,6-7)8(2)11/h4-6,10H,1-3H3. The van der Waals surface area contributed by atoms with Gasteiger partial charge in [-0.1, -0.05) is 5.57 Å². The van der Waals surface area contributed by atoms with E-state index in [1.165, 1.54) is 0 Å². The summed E-state index contributed by atoms with van der Waals surface area (Å²) in [6, 6.07) is 0. The highest BCUT2D eigenvalue weighted by Crippen LogP contribution is 2.15. The summed E-state index contributed by atoms with van der Waals surface area (Å²) in [5, 5.41) is 3.02. The highest BCUT2D eigenvalue weighted by atomic mass is 16.1. The number of allylic oxidation sites excluding steroid dienone is 2. The molecule has 0 aromatic rings. The Labute approximate surface area is 67.0 Å². The van der Waals surface area contributed by atoms with Crippen LogP contribution in [-0.4, -0.2) is 11.3 Å². The zero-order valence-corrected chi connectivity index (χ0v) is 7.14. The van der Waals surface area contributed by atoms with Gasteiger partial charge in [-0.3, -0.25) is 4.79 Å². The van der Waals surface area contributed by atoms with E-state index in [0.717, 1.165) is 5.57 Å². The average molecular weight is 151 g/mol. The third-order valence-corrected chi connectivity index (χ3v) is 1.98. The maximum absolute atomic E-state index is 11.1. The lowest BCUT2D eigenvalue weighted by Crippen LogP contribution is -2.45. The minimum atomic E-state index is -0.487. The number of carbonyl (C=O) groups is 1. The minimum absolute atomic E-state index is 0.140. The number of dihydropyridines is 1. The third kappa shape index (κ3) is 1.50. The summed E-state index contributed by atoms with van der Waals surface area (Å²) in [6.07, 6.45) is 5.71. The Morgan fingerprint density at radius 1 is 1.64 bits per heavy atom. The van der Waals surface area contributed by atoms with Crippen LogP contribution in [0.2, 0.25) is 0 Å². The van der Waals surface area contributed by atoms with Crippen LogP contribution in [0.4, 0.5) is 0 Å². The molecule has 1 heterocycles. The van der Waals surface area contributed by atoms with Crippen molar-refractivity contribution in [1.29, 1.82) is 0 Å². The predicted molar refractivity (Wildman–Crippen MR) is 45.1 cm³/mol. The van der Waals surface area contributed by atoms with E-state index in [1.54, 1.807) is 6.92 Å². The molecule has 1 unspecified atom stereocenters. The number of ketones is 1. The number of hydrogen-bond donors (Lipinski definition) is 1. The number of rotatable bonds is 1. The first-order chi connectivity index (χ1) is 5.04. The number of hydrogen-bond acceptors (Lipinski definition) is 2. The van der Waals surface area contributed by atoms with Crippen LogP contribution in [-0.2, 0) is 4.79 Å². The van der Waals surface area contributed by atoms with Gasteiger partial charge >= 0.3 is 0 Å². The maximum atomic E-state index is 11.1. The fourth-order valence-corrected chi connectivity index (χ4v) is 1.09. The van der Waals surface area contributed by atoms with Crippen LogP contribution in [0.1, 0.15) is 20.8 Å². The summed E-state index contributed by atoms with van der Waals surface area (Å²) in [4.78, 5) is 11.1. The molecule has 60 valence electrons. The van der Waals surface area contributed by atoms with Crippen LogP contribution in [0.15, 0.2) is 23.9 Å². The van der Waals surface area contributed by atoms with Crippen LogP contribution in [0.3, 0.4) is 0 Å². The van der Waals surface area contributed by atoms with Gasteiger partial charge in [0.05, 0.1) is 0 Å². The van der Waals surface area contributed by atoms with Gasteiger partial charge in [0.15, 0.2) is 5.78 Å². The molecule has 0 spiro atoms. The Bertz CT molecular complexity index is 240. The number of carbonyl (C=O) groups excluding carboxylic acids is 1. The Kier molecular flexibility index (Phi) is 1.85. The summed E-state index contributed by atoms with van der Waals surface area (Å²) < 4.78 is 0. The molecule has 0 radical (unpaired) electrons. The summed E-state index contributed by atoms with van der Waals surface area (Å²) >= 11 is 0. The zero-order valence-electron chi connectivity index (χ0n) is 7.14. The van der Waals surface area contributed by atoms with Crippen molar-refractivity contribution in [1.82, 2.24) is 5.32 Å². The molecule has 1 N–H and O–H groups in total. The van der Waals surface area contributed by atoms with Crippen LogP contribution in [0.5, 0.6) is 0 Å². The molecule has 2 heteroatoms.